The van der Waals surface area contributed by atoms with E-state index in [-0.39, 0.29) is 5.91 Å². The maximum atomic E-state index is 11.3. The van der Waals surface area contributed by atoms with E-state index in [1.165, 1.54) is 6.08 Å². The number of anilines is 1. The Labute approximate surface area is 87.2 Å². The Morgan fingerprint density at radius 2 is 2.40 bits per heavy atom. The van der Waals surface area contributed by atoms with Crippen molar-refractivity contribution in [2.24, 2.45) is 0 Å². The molecule has 2 rings (SSSR count). The average molecular weight is 201 g/mol. The minimum absolute atomic E-state index is 0.124. The van der Waals surface area contributed by atoms with Crippen LogP contribution in [0.4, 0.5) is 5.69 Å². The number of nitrogens with one attached hydrogen (secondary N) is 1. The molecule has 76 valence electrons. The number of rotatable bonds is 2. The number of carbonyl (C=O) groups is 1. The molecule has 0 saturated carbocycles. The van der Waals surface area contributed by atoms with Crippen LogP contribution in [-0.4, -0.2) is 15.5 Å². The number of pyridine rings is 1. The van der Waals surface area contributed by atoms with Gasteiger partial charge in [-0.15, -0.1) is 0 Å². The van der Waals surface area contributed by atoms with E-state index in [0.717, 1.165) is 11.2 Å². The van der Waals surface area contributed by atoms with E-state index in [4.69, 9.17) is 0 Å². The Morgan fingerprint density at radius 1 is 1.53 bits per heavy atom. The van der Waals surface area contributed by atoms with Gasteiger partial charge in [0.15, 0.2) is 0 Å². The number of fused-ring (bicyclic) bond motifs is 1. The maximum absolute atomic E-state index is 11.3. The number of nitrogens with zero attached hydrogens (tertiary/aromatic N) is 2. The second-order valence-corrected chi connectivity index (χ2v) is 3.11. The Morgan fingerprint density at radius 3 is 3.20 bits per heavy atom. The molecule has 0 aliphatic rings. The first-order valence-corrected chi connectivity index (χ1v) is 4.66. The van der Waals surface area contributed by atoms with E-state index >= 15 is 0 Å². The molecule has 1 amide bonds. The second-order valence-electron chi connectivity index (χ2n) is 3.11. The van der Waals surface area contributed by atoms with Crippen LogP contribution < -0.4 is 5.32 Å². The minimum atomic E-state index is -0.124. The summed E-state index contributed by atoms with van der Waals surface area (Å²) in [6, 6.07) is 5.56. The molecule has 4 heteroatoms. The van der Waals surface area contributed by atoms with Crippen molar-refractivity contribution in [2.75, 3.05) is 5.32 Å². The van der Waals surface area contributed by atoms with Crippen LogP contribution in [0.5, 0.6) is 0 Å². The van der Waals surface area contributed by atoms with Crippen LogP contribution in [0.1, 0.15) is 6.92 Å². The van der Waals surface area contributed by atoms with Crippen molar-refractivity contribution in [1.82, 2.24) is 9.61 Å². The average Bonchev–Trinajstić information content (AvgIpc) is 2.65. The van der Waals surface area contributed by atoms with Gasteiger partial charge in [-0.3, -0.25) is 4.79 Å². The van der Waals surface area contributed by atoms with Gasteiger partial charge < -0.3 is 5.32 Å². The lowest BCUT2D eigenvalue weighted by molar-refractivity contribution is -0.111. The quantitative estimate of drug-likeness (QED) is 0.754. The fourth-order valence-corrected chi connectivity index (χ4v) is 1.33. The van der Waals surface area contributed by atoms with Gasteiger partial charge >= 0.3 is 0 Å². The van der Waals surface area contributed by atoms with Crippen molar-refractivity contribution in [3.63, 3.8) is 0 Å². The number of allylic oxidation sites excluding steroid dienone is 1. The van der Waals surface area contributed by atoms with Gasteiger partial charge in [0.2, 0.25) is 5.91 Å². The van der Waals surface area contributed by atoms with Crippen LogP contribution in [0.15, 0.2) is 42.7 Å². The molecule has 1 N–H and O–H groups in total. The van der Waals surface area contributed by atoms with Crippen molar-refractivity contribution in [3.8, 4) is 0 Å². The van der Waals surface area contributed by atoms with Gasteiger partial charge in [-0.05, 0) is 31.2 Å². The van der Waals surface area contributed by atoms with Crippen LogP contribution in [0.3, 0.4) is 0 Å². The van der Waals surface area contributed by atoms with Crippen LogP contribution in [0.2, 0.25) is 0 Å². The van der Waals surface area contributed by atoms with Crippen molar-refractivity contribution in [1.29, 1.82) is 0 Å². The van der Waals surface area contributed by atoms with Crippen LogP contribution in [-0.2, 0) is 4.79 Å². The van der Waals surface area contributed by atoms with E-state index in [0.29, 0.717) is 0 Å². The third-order valence-corrected chi connectivity index (χ3v) is 1.99. The Hall–Kier alpha value is -2.10. The number of hydrogen-bond acceptors (Lipinski definition) is 2. The molecule has 0 saturated heterocycles. The zero-order chi connectivity index (χ0) is 10.7. The predicted octanol–water partition coefficient (Wildman–Crippen LogP) is 1.85. The van der Waals surface area contributed by atoms with Crippen LogP contribution in [0, 0.1) is 0 Å². The molecular weight excluding hydrogens is 190 g/mol. The summed E-state index contributed by atoms with van der Waals surface area (Å²) in [6.45, 7) is 1.81. The number of hydrogen-bond donors (Lipinski definition) is 1. The molecule has 0 aliphatic heterocycles. The monoisotopic (exact) mass is 201 g/mol. The summed E-state index contributed by atoms with van der Waals surface area (Å²) < 4.78 is 1.74. The zero-order valence-corrected chi connectivity index (χ0v) is 8.34. The van der Waals surface area contributed by atoms with Crippen LogP contribution >= 0.6 is 0 Å². The Balaban J connectivity index is 2.24. The van der Waals surface area contributed by atoms with Gasteiger partial charge in [-0.2, -0.15) is 5.10 Å². The molecule has 0 spiro atoms. The van der Waals surface area contributed by atoms with Gasteiger partial charge in [0, 0.05) is 18.1 Å². The molecule has 0 unspecified atom stereocenters. The molecule has 0 fully saturated rings. The highest BCUT2D eigenvalue weighted by molar-refractivity contribution is 5.99. The summed E-state index contributed by atoms with van der Waals surface area (Å²) in [5, 5.41) is 6.82. The summed E-state index contributed by atoms with van der Waals surface area (Å²) in [5.41, 5.74) is 1.72. The summed E-state index contributed by atoms with van der Waals surface area (Å²) in [5.74, 6) is -0.124. The molecular formula is C11H11N3O. The lowest BCUT2D eigenvalue weighted by Gasteiger charge is -2.02. The van der Waals surface area contributed by atoms with E-state index in [2.05, 4.69) is 10.4 Å². The standard InChI is InChI=1S/C11H11N3O/c1-2-3-11(15)13-9-5-7-14-10(8-9)4-6-12-14/h2-8H,1H3,(H,13,15)/b3-2+. The van der Waals surface area contributed by atoms with E-state index < -0.39 is 0 Å². The smallest absolute Gasteiger partial charge is 0.248 e. The molecule has 2 heterocycles. The molecule has 4 nitrogen and oxygen atoms in total. The summed E-state index contributed by atoms with van der Waals surface area (Å²) >= 11 is 0. The first kappa shape index (κ1) is 9.45. The van der Waals surface area contributed by atoms with E-state index in [9.17, 15) is 4.79 Å². The molecule has 0 radical (unpaired) electrons. The fourth-order valence-electron chi connectivity index (χ4n) is 1.33. The third kappa shape index (κ3) is 2.04. The highest BCUT2D eigenvalue weighted by Gasteiger charge is 1.99. The van der Waals surface area contributed by atoms with Gasteiger partial charge in [0.25, 0.3) is 0 Å². The first-order valence-electron chi connectivity index (χ1n) is 4.66. The molecule has 2 aromatic heterocycles. The number of carbonyl (C=O) groups excluding carboxylic acids is 1. The fraction of sp³-hybridized carbons (Fsp3) is 0.0909. The minimum Gasteiger partial charge on any atom is -0.322 e. The third-order valence-electron chi connectivity index (χ3n) is 1.99. The van der Waals surface area contributed by atoms with Gasteiger partial charge in [0.1, 0.15) is 0 Å². The number of amides is 1. The summed E-state index contributed by atoms with van der Waals surface area (Å²) in [4.78, 5) is 11.3. The van der Waals surface area contributed by atoms with Gasteiger partial charge in [0.05, 0.1) is 5.52 Å². The van der Waals surface area contributed by atoms with Gasteiger partial charge in [-0.25, -0.2) is 4.52 Å². The molecule has 2 aromatic rings. The normalized spacial score (nSPS) is 11.0. The van der Waals surface area contributed by atoms with E-state index in [1.54, 1.807) is 36.0 Å². The first-order chi connectivity index (χ1) is 7.29. The van der Waals surface area contributed by atoms with Crippen molar-refractivity contribution in [3.05, 3.63) is 42.7 Å². The molecule has 0 atom stereocenters. The second kappa shape index (κ2) is 3.96. The van der Waals surface area contributed by atoms with Gasteiger partial charge in [-0.1, -0.05) is 6.08 Å². The number of aromatic nitrogens is 2. The Bertz CT molecular complexity index is 513. The van der Waals surface area contributed by atoms with Crippen molar-refractivity contribution in [2.45, 2.75) is 6.92 Å². The largest absolute Gasteiger partial charge is 0.322 e. The molecule has 0 bridgehead atoms. The predicted molar refractivity (Wildman–Crippen MR) is 58.6 cm³/mol. The van der Waals surface area contributed by atoms with Crippen molar-refractivity contribution < 1.29 is 4.79 Å². The van der Waals surface area contributed by atoms with Crippen molar-refractivity contribution >= 4 is 17.1 Å². The lowest BCUT2D eigenvalue weighted by Crippen LogP contribution is -2.07. The Kier molecular flexibility index (Phi) is 2.49. The van der Waals surface area contributed by atoms with E-state index in [1.807, 2.05) is 12.1 Å². The summed E-state index contributed by atoms with van der Waals surface area (Å²) in [6.07, 6.45) is 6.71. The lowest BCUT2D eigenvalue weighted by atomic mass is 10.3. The maximum Gasteiger partial charge on any atom is 0.248 e. The highest BCUT2D eigenvalue weighted by Crippen LogP contribution is 2.11. The SMILES string of the molecule is C/C=C/C(=O)Nc1ccn2nccc2c1. The zero-order valence-electron chi connectivity index (χ0n) is 8.34. The molecule has 15 heavy (non-hydrogen) atoms. The topological polar surface area (TPSA) is 46.4 Å². The highest BCUT2D eigenvalue weighted by atomic mass is 16.1. The molecule has 0 aromatic carbocycles. The summed E-state index contributed by atoms with van der Waals surface area (Å²) in [7, 11) is 0. The van der Waals surface area contributed by atoms with Crippen LogP contribution in [0.25, 0.3) is 5.52 Å². The molecule has 0 aliphatic carbocycles.